The summed E-state index contributed by atoms with van der Waals surface area (Å²) >= 11 is 2.28. The number of hydrazine groups is 1. The summed E-state index contributed by atoms with van der Waals surface area (Å²) in [6, 6.07) is -0.610. The maximum absolute atomic E-state index is 13.4. The second kappa shape index (κ2) is 9.57. The van der Waals surface area contributed by atoms with E-state index in [0.717, 1.165) is 16.8 Å². The number of urea groups is 1. The van der Waals surface area contributed by atoms with Crippen LogP contribution in [-0.2, 0) is 33.3 Å². The van der Waals surface area contributed by atoms with Gasteiger partial charge >= 0.3 is 34.1 Å². The minimum absolute atomic E-state index is 0.125. The van der Waals surface area contributed by atoms with Gasteiger partial charge in [0.1, 0.15) is 5.69 Å². The molecule has 3 atom stereocenters. The van der Waals surface area contributed by atoms with Crippen molar-refractivity contribution in [1.82, 2.24) is 19.8 Å². The molecule has 38 heavy (non-hydrogen) atoms. The molecule has 4 radical (unpaired) electrons. The first kappa shape index (κ1) is 26.5. The highest BCUT2D eigenvalue weighted by Crippen LogP contribution is 2.53. The van der Waals surface area contributed by atoms with Gasteiger partial charge in [-0.1, -0.05) is 16.9 Å². The van der Waals surface area contributed by atoms with Gasteiger partial charge in [0.15, 0.2) is 11.5 Å². The van der Waals surface area contributed by atoms with Crippen LogP contribution in [0.5, 0.6) is 0 Å². The second-order valence-electron chi connectivity index (χ2n) is 9.21. The van der Waals surface area contributed by atoms with E-state index in [-0.39, 0.29) is 43.4 Å². The molecule has 0 bridgehead atoms. The fourth-order valence-corrected chi connectivity index (χ4v) is 6.95. The molecule has 1 saturated carbocycles. The van der Waals surface area contributed by atoms with Crippen LogP contribution in [0.2, 0.25) is 0 Å². The molecule has 14 nitrogen and oxygen atoms in total. The molecular formula is C20H20B2N6O8S2. The van der Waals surface area contributed by atoms with Crippen molar-refractivity contribution in [2.24, 2.45) is 16.9 Å². The molecule has 5 rings (SSSR count). The standard InChI is InChI=1S/C20H20B2N6O8S2/c1-9-24-11(7-37-9)13(25-36-19(2-3-19)16(31)34-21)12(29)6-10-14(30)26-8-20(17(32)35-22,38-15(10)26)27-4-5-28(23)18(27)33/h7,10,15H,2-6,8,23H2,1H3/b25-13-/t10?,15-,20-/m1/s1. The molecule has 1 aromatic heterocycles. The van der Waals surface area contributed by atoms with Crippen molar-refractivity contribution in [3.8, 4) is 0 Å². The van der Waals surface area contributed by atoms with Gasteiger partial charge in [0.2, 0.25) is 16.4 Å². The average molecular weight is 558 g/mol. The quantitative estimate of drug-likeness (QED) is 0.0959. The number of nitrogens with zero attached hydrogens (tertiary/aromatic N) is 5. The Hall–Kier alpha value is -3.11. The number of ketones is 1. The Bertz CT molecular complexity index is 1260. The van der Waals surface area contributed by atoms with Crippen molar-refractivity contribution in [3.63, 3.8) is 0 Å². The fourth-order valence-electron chi connectivity index (χ4n) is 4.61. The summed E-state index contributed by atoms with van der Waals surface area (Å²) in [4.78, 5) is 74.4. The van der Waals surface area contributed by atoms with Crippen LogP contribution >= 0.6 is 23.1 Å². The Kier molecular flexibility index (Phi) is 6.67. The molecule has 1 unspecified atom stereocenters. The van der Waals surface area contributed by atoms with E-state index in [2.05, 4.69) is 19.4 Å². The van der Waals surface area contributed by atoms with Crippen LogP contribution in [0, 0.1) is 12.8 Å². The number of β-lactam (4-membered cyclic amide) rings is 1. The van der Waals surface area contributed by atoms with E-state index < -0.39 is 45.5 Å². The number of hydrogen-bond acceptors (Lipinski definition) is 13. The maximum Gasteiger partial charge on any atom is 0.378 e. The molecule has 196 valence electrons. The van der Waals surface area contributed by atoms with Crippen molar-refractivity contribution < 1.29 is 38.1 Å². The Morgan fingerprint density at radius 2 is 1.92 bits per heavy atom. The zero-order chi connectivity index (χ0) is 27.4. The third kappa shape index (κ3) is 4.14. The summed E-state index contributed by atoms with van der Waals surface area (Å²) in [7, 11) is 10.2. The van der Waals surface area contributed by atoms with Crippen LogP contribution in [0.15, 0.2) is 10.5 Å². The predicted molar refractivity (Wildman–Crippen MR) is 132 cm³/mol. The monoisotopic (exact) mass is 558 g/mol. The van der Waals surface area contributed by atoms with Crippen LogP contribution in [0.4, 0.5) is 4.79 Å². The molecule has 1 aliphatic carbocycles. The van der Waals surface area contributed by atoms with Crippen LogP contribution in [-0.4, -0.2) is 107 Å². The Morgan fingerprint density at radius 1 is 1.21 bits per heavy atom. The van der Waals surface area contributed by atoms with Crippen molar-refractivity contribution in [1.29, 1.82) is 0 Å². The largest absolute Gasteiger partial charge is 0.541 e. The number of oxime groups is 1. The number of thioether (sulfide) groups is 1. The molecule has 3 saturated heterocycles. The van der Waals surface area contributed by atoms with Gasteiger partial charge in [-0.05, 0) is 6.92 Å². The summed E-state index contributed by atoms with van der Waals surface area (Å²) in [6.45, 7) is 1.87. The molecule has 4 fully saturated rings. The SMILES string of the molecule is [B]OC(=O)C1(O/N=C(\C(=O)CC2C(=O)N3C[C@@](C(=O)O[B])(N4CCN(N)C4=O)S[C@H]23)c2csc(C)n2)CC1. The van der Waals surface area contributed by atoms with Gasteiger partial charge in [-0.15, -0.1) is 11.3 Å². The first-order valence-electron chi connectivity index (χ1n) is 11.4. The minimum Gasteiger partial charge on any atom is -0.541 e. The lowest BCUT2D eigenvalue weighted by Crippen LogP contribution is -2.60. The zero-order valence-electron chi connectivity index (χ0n) is 20.0. The van der Waals surface area contributed by atoms with Crippen LogP contribution in [0.25, 0.3) is 0 Å². The van der Waals surface area contributed by atoms with Crippen molar-refractivity contribution in [2.45, 2.75) is 42.0 Å². The van der Waals surface area contributed by atoms with E-state index in [0.29, 0.717) is 17.8 Å². The van der Waals surface area contributed by atoms with Crippen LogP contribution < -0.4 is 5.84 Å². The van der Waals surface area contributed by atoms with Gasteiger partial charge in [-0.2, -0.15) is 0 Å². The number of aromatic nitrogens is 1. The average Bonchev–Trinajstić information content (AvgIpc) is 3.26. The predicted octanol–water partition coefficient (Wildman–Crippen LogP) is -1.24. The second-order valence-corrected chi connectivity index (χ2v) is 11.7. The van der Waals surface area contributed by atoms with E-state index in [9.17, 15) is 24.0 Å². The summed E-state index contributed by atoms with van der Waals surface area (Å²) in [5.74, 6) is 2.18. The number of amides is 3. The molecule has 4 heterocycles. The van der Waals surface area contributed by atoms with Crippen molar-refractivity contribution in [2.75, 3.05) is 19.6 Å². The number of fused-ring (bicyclic) bond motifs is 1. The highest BCUT2D eigenvalue weighted by atomic mass is 32.2. The van der Waals surface area contributed by atoms with E-state index in [1.165, 1.54) is 21.1 Å². The number of nitrogens with two attached hydrogens (primary N) is 1. The normalized spacial score (nSPS) is 27.6. The molecule has 0 spiro atoms. The van der Waals surface area contributed by atoms with Gasteiger partial charge in [0.25, 0.3) is 0 Å². The van der Waals surface area contributed by atoms with Crippen LogP contribution in [0.3, 0.4) is 0 Å². The van der Waals surface area contributed by atoms with Gasteiger partial charge in [0, 0.05) is 31.2 Å². The Morgan fingerprint density at radius 3 is 2.47 bits per heavy atom. The third-order valence-electron chi connectivity index (χ3n) is 6.88. The highest BCUT2D eigenvalue weighted by Gasteiger charge is 2.66. The highest BCUT2D eigenvalue weighted by molar-refractivity contribution is 8.02. The van der Waals surface area contributed by atoms with E-state index in [1.54, 1.807) is 12.3 Å². The molecule has 18 heteroatoms. The lowest BCUT2D eigenvalue weighted by molar-refractivity contribution is -0.153. The third-order valence-corrected chi connectivity index (χ3v) is 9.39. The summed E-state index contributed by atoms with van der Waals surface area (Å²) in [6.07, 6.45) is 0.339. The lowest BCUT2D eigenvalue weighted by atomic mass is 9.90. The summed E-state index contributed by atoms with van der Waals surface area (Å²) < 4.78 is 8.77. The number of carbonyl (C=O) groups excluding carboxylic acids is 5. The Labute approximate surface area is 227 Å². The van der Waals surface area contributed by atoms with Crippen LogP contribution in [0.1, 0.15) is 30.0 Å². The number of Topliss-reactive ketones (excluding diaryl/α,β-unsaturated/α-hetero) is 1. The molecule has 4 aliphatic rings. The fraction of sp³-hybridized carbons (Fsp3) is 0.550. The first-order chi connectivity index (χ1) is 18.1. The van der Waals surface area contributed by atoms with E-state index >= 15 is 0 Å². The van der Waals surface area contributed by atoms with Gasteiger partial charge in [-0.25, -0.2) is 20.4 Å². The number of hydrogen-bond donors (Lipinski definition) is 1. The van der Waals surface area contributed by atoms with Crippen molar-refractivity contribution >= 4 is 74.6 Å². The number of aryl methyl sites for hydroxylation is 1. The van der Waals surface area contributed by atoms with Gasteiger partial charge in [-0.3, -0.25) is 24.3 Å². The topological polar surface area (TPSA) is 174 Å². The number of rotatable bonds is 9. The number of carbonyl (C=O) groups is 5. The summed E-state index contributed by atoms with van der Waals surface area (Å²) in [5, 5.41) is 6.55. The van der Waals surface area contributed by atoms with E-state index in [4.69, 9.17) is 26.8 Å². The summed E-state index contributed by atoms with van der Waals surface area (Å²) in [5.41, 5.74) is -1.30. The molecule has 0 aromatic carbocycles. The molecule has 2 N–H and O–H groups in total. The van der Waals surface area contributed by atoms with Gasteiger partial charge in [0.05, 0.1) is 29.4 Å². The molecular weight excluding hydrogens is 538 g/mol. The zero-order valence-corrected chi connectivity index (χ0v) is 21.7. The number of thiazole rings is 1. The molecule has 3 amide bonds. The molecule has 1 aromatic rings. The van der Waals surface area contributed by atoms with E-state index in [1.807, 2.05) is 0 Å². The van der Waals surface area contributed by atoms with Crippen molar-refractivity contribution in [3.05, 3.63) is 16.1 Å². The Balaban J connectivity index is 1.36. The van der Waals surface area contributed by atoms with Gasteiger partial charge < -0.3 is 19.0 Å². The molecule has 3 aliphatic heterocycles. The maximum atomic E-state index is 13.4. The minimum atomic E-state index is -1.61. The first-order valence-corrected chi connectivity index (χ1v) is 13.2. The smallest absolute Gasteiger partial charge is 0.378 e. The lowest BCUT2D eigenvalue weighted by Gasteiger charge is -2.40.